The van der Waals surface area contributed by atoms with Gasteiger partial charge in [0.15, 0.2) is 0 Å². The molecule has 0 amide bonds. The zero-order valence-corrected chi connectivity index (χ0v) is 6.28. The lowest BCUT2D eigenvalue weighted by Crippen LogP contribution is -2.13. The number of rotatable bonds is 0. The van der Waals surface area contributed by atoms with E-state index in [1.807, 2.05) is 0 Å². The molecule has 0 bridgehead atoms. The van der Waals surface area contributed by atoms with E-state index >= 15 is 0 Å². The van der Waals surface area contributed by atoms with E-state index in [1.165, 1.54) is 6.42 Å². The highest BCUT2D eigenvalue weighted by atomic mass is 79.9. The van der Waals surface area contributed by atoms with Gasteiger partial charge in [-0.25, -0.2) is 0 Å². The topological polar surface area (TPSA) is 17.1 Å². The summed E-state index contributed by atoms with van der Waals surface area (Å²) in [7, 11) is 0. The van der Waals surface area contributed by atoms with Gasteiger partial charge in [0.1, 0.15) is 5.78 Å². The number of ketones is 1. The van der Waals surface area contributed by atoms with Crippen molar-refractivity contribution in [3.05, 3.63) is 0 Å². The van der Waals surface area contributed by atoms with Crippen LogP contribution in [0.15, 0.2) is 0 Å². The SMILES string of the molecule is O=C1CCC[C@H](Br)C1. The third-order valence-corrected chi connectivity index (χ3v) is 2.20. The monoisotopic (exact) mass is 176 g/mol. The van der Waals surface area contributed by atoms with E-state index < -0.39 is 0 Å². The summed E-state index contributed by atoms with van der Waals surface area (Å²) in [4.78, 5) is 11.1. The van der Waals surface area contributed by atoms with Crippen LogP contribution in [0.2, 0.25) is 0 Å². The first kappa shape index (κ1) is 6.27. The van der Waals surface area contributed by atoms with Crippen LogP contribution in [-0.4, -0.2) is 10.6 Å². The van der Waals surface area contributed by atoms with E-state index in [0.717, 1.165) is 19.3 Å². The van der Waals surface area contributed by atoms with Gasteiger partial charge in [0, 0.05) is 17.7 Å². The lowest BCUT2D eigenvalue weighted by molar-refractivity contribution is -0.120. The number of carbonyl (C=O) groups excluding carboxylic acids is 1. The van der Waals surface area contributed by atoms with Gasteiger partial charge in [0.05, 0.1) is 0 Å². The molecule has 1 aliphatic rings. The molecule has 1 rings (SSSR count). The molecule has 1 atom stereocenters. The van der Waals surface area contributed by atoms with Crippen molar-refractivity contribution in [3.8, 4) is 0 Å². The standard InChI is InChI=1S/C6H9BrO/c7-5-2-1-3-6(8)4-5/h5H,1-4H2/t5-/m0/s1. The Balaban J connectivity index is 2.34. The first-order chi connectivity index (χ1) is 3.79. The number of alkyl halides is 1. The summed E-state index contributed by atoms with van der Waals surface area (Å²) in [6.07, 6.45) is 3.81. The minimum absolute atomic E-state index is 0.415. The largest absolute Gasteiger partial charge is 0.300 e. The molecule has 0 heterocycles. The molecule has 46 valence electrons. The number of hydrogen-bond donors (Lipinski definition) is 0. The molecule has 0 aromatic carbocycles. The number of hydrogen-bond acceptors (Lipinski definition) is 1. The molecule has 2 heteroatoms. The highest BCUT2D eigenvalue weighted by Crippen LogP contribution is 2.20. The molecule has 1 fully saturated rings. The van der Waals surface area contributed by atoms with Crippen LogP contribution in [0.4, 0.5) is 0 Å². The molecule has 0 spiro atoms. The van der Waals surface area contributed by atoms with Crippen molar-refractivity contribution in [1.29, 1.82) is 0 Å². The maximum absolute atomic E-state index is 10.6. The van der Waals surface area contributed by atoms with Crippen molar-refractivity contribution >= 4 is 21.7 Å². The van der Waals surface area contributed by atoms with E-state index in [2.05, 4.69) is 15.9 Å². The van der Waals surface area contributed by atoms with Gasteiger partial charge in [-0.2, -0.15) is 0 Å². The van der Waals surface area contributed by atoms with Crippen molar-refractivity contribution in [2.75, 3.05) is 0 Å². The second-order valence-electron chi connectivity index (χ2n) is 2.23. The summed E-state index contributed by atoms with van der Waals surface area (Å²) in [5.74, 6) is 0.415. The van der Waals surface area contributed by atoms with Crippen molar-refractivity contribution in [1.82, 2.24) is 0 Å². The van der Waals surface area contributed by atoms with Crippen LogP contribution >= 0.6 is 15.9 Å². The predicted molar refractivity (Wildman–Crippen MR) is 36.2 cm³/mol. The quantitative estimate of drug-likeness (QED) is 0.516. The summed E-state index contributed by atoms with van der Waals surface area (Å²) in [5.41, 5.74) is 0. The number of halogens is 1. The summed E-state index contributed by atoms with van der Waals surface area (Å²) in [6, 6.07) is 0. The summed E-state index contributed by atoms with van der Waals surface area (Å²) in [5, 5.41) is 0. The third kappa shape index (κ3) is 1.58. The first-order valence-electron chi connectivity index (χ1n) is 2.95. The molecule has 0 unspecified atom stereocenters. The van der Waals surface area contributed by atoms with Gasteiger partial charge in [-0.1, -0.05) is 15.9 Å². The van der Waals surface area contributed by atoms with E-state index in [9.17, 15) is 4.79 Å². The second-order valence-corrected chi connectivity index (χ2v) is 3.53. The zero-order chi connectivity index (χ0) is 5.98. The van der Waals surface area contributed by atoms with Crippen molar-refractivity contribution in [2.24, 2.45) is 0 Å². The van der Waals surface area contributed by atoms with Crippen LogP contribution in [0.3, 0.4) is 0 Å². The minimum atomic E-state index is 0.415. The van der Waals surface area contributed by atoms with Gasteiger partial charge in [0.25, 0.3) is 0 Å². The Morgan fingerprint density at radius 1 is 1.62 bits per heavy atom. The van der Waals surface area contributed by atoms with Gasteiger partial charge in [0.2, 0.25) is 0 Å². The Bertz CT molecular complexity index is 101. The Kier molecular flexibility index (Phi) is 2.06. The Hall–Kier alpha value is 0.150. The van der Waals surface area contributed by atoms with Crippen LogP contribution in [-0.2, 0) is 4.79 Å². The van der Waals surface area contributed by atoms with Gasteiger partial charge >= 0.3 is 0 Å². The van der Waals surface area contributed by atoms with Gasteiger partial charge < -0.3 is 0 Å². The predicted octanol–water partition coefficient (Wildman–Crippen LogP) is 1.89. The summed E-state index contributed by atoms with van der Waals surface area (Å²) < 4.78 is 0. The second kappa shape index (κ2) is 2.62. The fraction of sp³-hybridized carbons (Fsp3) is 0.833. The van der Waals surface area contributed by atoms with Gasteiger partial charge in [-0.3, -0.25) is 4.79 Å². The molecule has 0 aromatic heterocycles. The summed E-state index contributed by atoms with van der Waals surface area (Å²) >= 11 is 3.41. The van der Waals surface area contributed by atoms with Crippen molar-refractivity contribution in [3.63, 3.8) is 0 Å². The molecule has 1 aliphatic carbocycles. The molecule has 1 saturated carbocycles. The summed E-state index contributed by atoms with van der Waals surface area (Å²) in [6.45, 7) is 0. The first-order valence-corrected chi connectivity index (χ1v) is 3.86. The van der Waals surface area contributed by atoms with E-state index in [1.54, 1.807) is 0 Å². The number of carbonyl (C=O) groups is 1. The van der Waals surface area contributed by atoms with Gasteiger partial charge in [-0.05, 0) is 12.8 Å². The molecule has 0 aliphatic heterocycles. The van der Waals surface area contributed by atoms with E-state index in [4.69, 9.17) is 0 Å². The third-order valence-electron chi connectivity index (χ3n) is 1.42. The average Bonchev–Trinajstić information content (AvgIpc) is 1.64. The maximum Gasteiger partial charge on any atom is 0.134 e. The fourth-order valence-corrected chi connectivity index (χ4v) is 1.66. The fourth-order valence-electron chi connectivity index (χ4n) is 0.972. The Morgan fingerprint density at radius 2 is 2.38 bits per heavy atom. The van der Waals surface area contributed by atoms with Crippen molar-refractivity contribution < 1.29 is 4.79 Å². The van der Waals surface area contributed by atoms with Crippen molar-refractivity contribution in [2.45, 2.75) is 30.5 Å². The zero-order valence-electron chi connectivity index (χ0n) is 4.69. The average molecular weight is 177 g/mol. The van der Waals surface area contributed by atoms with Crippen LogP contribution in [0, 0.1) is 0 Å². The lowest BCUT2D eigenvalue weighted by atomic mass is 10.00. The van der Waals surface area contributed by atoms with E-state index in [-0.39, 0.29) is 0 Å². The van der Waals surface area contributed by atoms with Gasteiger partial charge in [-0.15, -0.1) is 0 Å². The van der Waals surface area contributed by atoms with E-state index in [0.29, 0.717) is 10.6 Å². The number of Topliss-reactive ketones (excluding diaryl/α,β-unsaturated/α-hetero) is 1. The smallest absolute Gasteiger partial charge is 0.134 e. The van der Waals surface area contributed by atoms with Crippen LogP contribution < -0.4 is 0 Å². The van der Waals surface area contributed by atoms with Crippen LogP contribution in [0.25, 0.3) is 0 Å². The molecular formula is C6H9BrO. The lowest BCUT2D eigenvalue weighted by Gasteiger charge is -2.13. The molecule has 0 radical (unpaired) electrons. The minimum Gasteiger partial charge on any atom is -0.300 e. The van der Waals surface area contributed by atoms with Crippen LogP contribution in [0.1, 0.15) is 25.7 Å². The molecule has 0 saturated heterocycles. The van der Waals surface area contributed by atoms with Crippen LogP contribution in [0.5, 0.6) is 0 Å². The maximum atomic E-state index is 10.6. The normalized spacial score (nSPS) is 30.6. The molecule has 1 nitrogen and oxygen atoms in total. The molecular weight excluding hydrogens is 168 g/mol. The molecule has 8 heavy (non-hydrogen) atoms. The Morgan fingerprint density at radius 3 is 2.75 bits per heavy atom. The molecule has 0 N–H and O–H groups in total. The Labute approximate surface area is 57.6 Å². The highest BCUT2D eigenvalue weighted by molar-refractivity contribution is 9.09. The molecule has 0 aromatic rings. The highest BCUT2D eigenvalue weighted by Gasteiger charge is 2.15.